The fourth-order valence-corrected chi connectivity index (χ4v) is 1.76. The van der Waals surface area contributed by atoms with Crippen LogP contribution in [0.4, 0.5) is 0 Å². The maximum Gasteiger partial charge on any atom is 0.251 e. The molecule has 0 fully saturated rings. The highest BCUT2D eigenvalue weighted by Gasteiger charge is 2.05. The van der Waals surface area contributed by atoms with Crippen molar-refractivity contribution >= 4 is 0 Å². The van der Waals surface area contributed by atoms with Gasteiger partial charge in [-0.15, -0.1) is 0 Å². The number of furan rings is 1. The highest BCUT2D eigenvalue weighted by atomic mass is 16.3. The van der Waals surface area contributed by atoms with Gasteiger partial charge in [0, 0.05) is 11.8 Å². The van der Waals surface area contributed by atoms with Gasteiger partial charge in [-0.05, 0) is 32.2 Å². The minimum absolute atomic E-state index is 0.00318. The maximum absolute atomic E-state index is 11.7. The summed E-state index contributed by atoms with van der Waals surface area (Å²) in [5.74, 6) is 1.68. The molecule has 1 N–H and O–H groups in total. The molecule has 0 aromatic carbocycles. The van der Waals surface area contributed by atoms with Gasteiger partial charge in [-0.2, -0.15) is 0 Å². The quantitative estimate of drug-likeness (QED) is 0.869. The van der Waals surface area contributed by atoms with Crippen LogP contribution in [-0.4, -0.2) is 11.6 Å². The smallest absolute Gasteiger partial charge is 0.251 e. The SMILES string of the molecule is CNCc1ccc(Cn2c(C)cccc2=O)o1. The zero-order valence-corrected chi connectivity index (χ0v) is 10.1. The molecule has 0 radical (unpaired) electrons. The molecule has 0 amide bonds. The number of aryl methyl sites for hydroxylation is 1. The third-order valence-corrected chi connectivity index (χ3v) is 2.65. The van der Waals surface area contributed by atoms with Crippen LogP contribution in [0, 0.1) is 6.92 Å². The van der Waals surface area contributed by atoms with Gasteiger partial charge in [0.2, 0.25) is 0 Å². The van der Waals surface area contributed by atoms with Crippen LogP contribution in [0.15, 0.2) is 39.5 Å². The number of pyridine rings is 1. The summed E-state index contributed by atoms with van der Waals surface area (Å²) in [6.45, 7) is 3.09. The number of hydrogen-bond acceptors (Lipinski definition) is 3. The first kappa shape index (κ1) is 11.7. The van der Waals surface area contributed by atoms with E-state index >= 15 is 0 Å². The molecule has 0 atom stereocenters. The van der Waals surface area contributed by atoms with Gasteiger partial charge < -0.3 is 14.3 Å². The lowest BCUT2D eigenvalue weighted by Crippen LogP contribution is -2.21. The maximum atomic E-state index is 11.7. The minimum atomic E-state index is -0.00318. The Kier molecular flexibility index (Phi) is 3.44. The molecule has 2 aromatic rings. The summed E-state index contributed by atoms with van der Waals surface area (Å²) >= 11 is 0. The van der Waals surface area contributed by atoms with Gasteiger partial charge in [0.15, 0.2) is 0 Å². The molecule has 0 saturated carbocycles. The average Bonchev–Trinajstić information content (AvgIpc) is 2.72. The van der Waals surface area contributed by atoms with Crippen molar-refractivity contribution in [3.63, 3.8) is 0 Å². The van der Waals surface area contributed by atoms with Crippen LogP contribution in [0.3, 0.4) is 0 Å². The summed E-state index contributed by atoms with van der Waals surface area (Å²) in [6.07, 6.45) is 0. The van der Waals surface area contributed by atoms with Crippen LogP contribution >= 0.6 is 0 Å². The number of nitrogens with one attached hydrogen (secondary N) is 1. The van der Waals surface area contributed by atoms with Gasteiger partial charge >= 0.3 is 0 Å². The topological polar surface area (TPSA) is 47.2 Å². The fraction of sp³-hybridized carbons (Fsp3) is 0.308. The van der Waals surface area contributed by atoms with Crippen LogP contribution < -0.4 is 10.9 Å². The average molecular weight is 232 g/mol. The first-order valence-corrected chi connectivity index (χ1v) is 5.59. The molecule has 4 heteroatoms. The highest BCUT2D eigenvalue weighted by molar-refractivity contribution is 5.11. The molecule has 0 unspecified atom stereocenters. The predicted molar refractivity (Wildman–Crippen MR) is 66.0 cm³/mol. The molecule has 4 nitrogen and oxygen atoms in total. The summed E-state index contributed by atoms with van der Waals surface area (Å²) in [6, 6.07) is 9.08. The Morgan fingerprint density at radius 3 is 2.71 bits per heavy atom. The summed E-state index contributed by atoms with van der Waals surface area (Å²) in [4.78, 5) is 11.7. The van der Waals surface area contributed by atoms with E-state index < -0.39 is 0 Å². The van der Waals surface area contributed by atoms with Crippen LogP contribution in [0.5, 0.6) is 0 Å². The van der Waals surface area contributed by atoms with E-state index in [1.54, 1.807) is 16.7 Å². The van der Waals surface area contributed by atoms with Crippen LogP contribution in [0.1, 0.15) is 17.2 Å². The first-order chi connectivity index (χ1) is 8.20. The molecule has 2 heterocycles. The molecule has 0 saturated heterocycles. The number of hydrogen-bond donors (Lipinski definition) is 1. The minimum Gasteiger partial charge on any atom is -0.463 e. The van der Waals surface area contributed by atoms with Crippen molar-refractivity contribution in [1.29, 1.82) is 0 Å². The summed E-state index contributed by atoms with van der Waals surface area (Å²) in [5.41, 5.74) is 0.931. The zero-order chi connectivity index (χ0) is 12.3. The monoisotopic (exact) mass is 232 g/mol. The summed E-state index contributed by atoms with van der Waals surface area (Å²) < 4.78 is 7.31. The molecule has 0 aliphatic rings. The van der Waals surface area contributed by atoms with Crippen molar-refractivity contribution in [2.45, 2.75) is 20.0 Å². The zero-order valence-electron chi connectivity index (χ0n) is 10.1. The van der Waals surface area contributed by atoms with E-state index in [1.807, 2.05) is 32.2 Å². The van der Waals surface area contributed by atoms with Crippen molar-refractivity contribution in [1.82, 2.24) is 9.88 Å². The van der Waals surface area contributed by atoms with Crippen molar-refractivity contribution in [2.24, 2.45) is 0 Å². The van der Waals surface area contributed by atoms with E-state index in [9.17, 15) is 4.79 Å². The van der Waals surface area contributed by atoms with E-state index in [-0.39, 0.29) is 5.56 Å². The van der Waals surface area contributed by atoms with Crippen molar-refractivity contribution in [3.05, 3.63) is 57.9 Å². The number of rotatable bonds is 4. The molecule has 17 heavy (non-hydrogen) atoms. The molecule has 0 bridgehead atoms. The summed E-state index contributed by atoms with van der Waals surface area (Å²) in [7, 11) is 1.87. The van der Waals surface area contributed by atoms with E-state index in [1.165, 1.54) is 0 Å². The second-order valence-corrected chi connectivity index (χ2v) is 3.99. The molecule has 2 aromatic heterocycles. The fourth-order valence-electron chi connectivity index (χ4n) is 1.76. The second-order valence-electron chi connectivity index (χ2n) is 3.99. The highest BCUT2D eigenvalue weighted by Crippen LogP contribution is 2.09. The number of aromatic nitrogens is 1. The lowest BCUT2D eigenvalue weighted by Gasteiger charge is -2.06. The van der Waals surface area contributed by atoms with E-state index in [2.05, 4.69) is 5.32 Å². The third kappa shape index (κ3) is 2.65. The van der Waals surface area contributed by atoms with E-state index in [0.717, 1.165) is 17.2 Å². The molecule has 90 valence electrons. The number of nitrogens with zero attached hydrogens (tertiary/aromatic N) is 1. The van der Waals surface area contributed by atoms with E-state index in [4.69, 9.17) is 4.42 Å². The van der Waals surface area contributed by atoms with Gasteiger partial charge in [0.05, 0.1) is 13.1 Å². The first-order valence-electron chi connectivity index (χ1n) is 5.59. The van der Waals surface area contributed by atoms with Gasteiger partial charge in [0.25, 0.3) is 5.56 Å². The van der Waals surface area contributed by atoms with Gasteiger partial charge in [-0.3, -0.25) is 4.79 Å². The molecule has 0 aliphatic carbocycles. The lowest BCUT2D eigenvalue weighted by atomic mass is 10.3. The van der Waals surface area contributed by atoms with Gasteiger partial charge in [-0.1, -0.05) is 6.07 Å². The molecular formula is C13H16N2O2. The van der Waals surface area contributed by atoms with Crippen LogP contribution in [0.25, 0.3) is 0 Å². The van der Waals surface area contributed by atoms with Crippen molar-refractivity contribution < 1.29 is 4.42 Å². The molecule has 0 aliphatic heterocycles. The molecular weight excluding hydrogens is 216 g/mol. The molecule has 0 spiro atoms. The Labute approximate surface area is 99.9 Å². The Morgan fingerprint density at radius 2 is 2.00 bits per heavy atom. The molecule has 2 rings (SSSR count). The third-order valence-electron chi connectivity index (χ3n) is 2.65. The second kappa shape index (κ2) is 5.01. The Bertz CT molecular complexity index is 555. The largest absolute Gasteiger partial charge is 0.463 e. The Hall–Kier alpha value is -1.81. The van der Waals surface area contributed by atoms with Crippen molar-refractivity contribution in [3.8, 4) is 0 Å². The Morgan fingerprint density at radius 1 is 1.24 bits per heavy atom. The van der Waals surface area contributed by atoms with Crippen molar-refractivity contribution in [2.75, 3.05) is 7.05 Å². The van der Waals surface area contributed by atoms with Gasteiger partial charge in [-0.25, -0.2) is 0 Å². The Balaban J connectivity index is 2.22. The predicted octanol–water partition coefficient (Wildman–Crippen LogP) is 1.52. The summed E-state index contributed by atoms with van der Waals surface area (Å²) in [5, 5.41) is 3.02. The van der Waals surface area contributed by atoms with Crippen LogP contribution in [-0.2, 0) is 13.1 Å². The standard InChI is InChI=1S/C13H16N2O2/c1-10-4-3-5-13(16)15(10)9-12-7-6-11(17-12)8-14-2/h3-7,14H,8-9H2,1-2H3. The van der Waals surface area contributed by atoms with Gasteiger partial charge in [0.1, 0.15) is 11.5 Å². The lowest BCUT2D eigenvalue weighted by molar-refractivity contribution is 0.440. The van der Waals surface area contributed by atoms with Crippen LogP contribution in [0.2, 0.25) is 0 Å². The normalized spacial score (nSPS) is 10.7. The van der Waals surface area contributed by atoms with E-state index in [0.29, 0.717) is 13.1 Å².